The van der Waals surface area contributed by atoms with Gasteiger partial charge in [0.2, 0.25) is 0 Å². The number of hydrogen-bond acceptors (Lipinski definition) is 4. The average Bonchev–Trinajstić information content (AvgIpc) is 2.83. The van der Waals surface area contributed by atoms with E-state index >= 15 is 0 Å². The molecule has 4 unspecified atom stereocenters. The number of thiazole rings is 1. The summed E-state index contributed by atoms with van der Waals surface area (Å²) in [5.74, 6) is 2.32. The van der Waals surface area contributed by atoms with Crippen LogP contribution in [-0.4, -0.2) is 35.6 Å². The van der Waals surface area contributed by atoms with Gasteiger partial charge in [0, 0.05) is 36.5 Å². The fraction of sp³-hybridized carbons (Fsp3) is 0.562. The van der Waals surface area contributed by atoms with E-state index in [0.29, 0.717) is 17.9 Å². The molecule has 5 atom stereocenters. The molecular formula is C16H17ClN2OS. The molecule has 3 aliphatic heterocycles. The van der Waals surface area contributed by atoms with Gasteiger partial charge in [0.25, 0.3) is 5.19 Å². The van der Waals surface area contributed by atoms with E-state index < -0.39 is 0 Å². The van der Waals surface area contributed by atoms with Crippen LogP contribution in [0.2, 0.25) is 5.02 Å². The zero-order chi connectivity index (χ0) is 14.0. The van der Waals surface area contributed by atoms with Crippen molar-refractivity contribution in [3.8, 4) is 5.19 Å². The van der Waals surface area contributed by atoms with Crippen molar-refractivity contribution in [1.82, 2.24) is 9.88 Å². The molecule has 4 fully saturated rings. The van der Waals surface area contributed by atoms with Gasteiger partial charge in [0.15, 0.2) is 0 Å². The first-order valence-corrected chi connectivity index (χ1v) is 8.89. The van der Waals surface area contributed by atoms with Gasteiger partial charge in [0.1, 0.15) is 6.10 Å². The fourth-order valence-electron chi connectivity index (χ4n) is 4.60. The second-order valence-corrected chi connectivity index (χ2v) is 8.18. The standard InChI is InChI=1S/C16H17ClN2OS/c17-12-1-2-13-14(5-12)21-16(18-13)20-15-10-3-9-4-11(15)8-19(6-9)7-10/h1-2,5,9-11,15H,3-4,6-8H2/t9?,10-,11?,15?/m0/s1. The summed E-state index contributed by atoms with van der Waals surface area (Å²) < 4.78 is 7.47. The Morgan fingerprint density at radius 1 is 1.19 bits per heavy atom. The molecule has 4 bridgehead atoms. The molecule has 5 heteroatoms. The minimum atomic E-state index is 0.369. The van der Waals surface area contributed by atoms with Crippen molar-refractivity contribution < 1.29 is 4.74 Å². The number of ether oxygens (including phenoxy) is 1. The molecule has 0 amide bonds. The molecule has 3 saturated heterocycles. The predicted octanol–water partition coefficient (Wildman–Crippen LogP) is 3.67. The van der Waals surface area contributed by atoms with E-state index in [1.165, 1.54) is 32.5 Å². The third-order valence-corrected chi connectivity index (χ3v) is 6.42. The first kappa shape index (κ1) is 12.7. The molecule has 0 spiro atoms. The van der Waals surface area contributed by atoms with Gasteiger partial charge < -0.3 is 9.64 Å². The summed E-state index contributed by atoms with van der Waals surface area (Å²) in [5, 5.41) is 1.58. The van der Waals surface area contributed by atoms with Crippen LogP contribution in [0.3, 0.4) is 0 Å². The Hall–Kier alpha value is -0.840. The van der Waals surface area contributed by atoms with E-state index in [0.717, 1.165) is 26.4 Å². The second-order valence-electron chi connectivity index (χ2n) is 6.75. The van der Waals surface area contributed by atoms with E-state index in [1.807, 2.05) is 18.2 Å². The van der Waals surface area contributed by atoms with Gasteiger partial charge in [-0.1, -0.05) is 22.9 Å². The number of benzene rings is 1. The van der Waals surface area contributed by atoms with Crippen molar-refractivity contribution in [2.75, 3.05) is 19.6 Å². The molecule has 0 N–H and O–H groups in total. The normalized spacial score (nSPS) is 37.3. The van der Waals surface area contributed by atoms with Crippen LogP contribution in [0.4, 0.5) is 0 Å². The van der Waals surface area contributed by atoms with Crippen LogP contribution in [-0.2, 0) is 0 Å². The van der Waals surface area contributed by atoms with Crippen LogP contribution in [0, 0.1) is 17.8 Å². The maximum absolute atomic E-state index is 6.35. The maximum atomic E-state index is 6.35. The Morgan fingerprint density at radius 2 is 2.00 bits per heavy atom. The quantitative estimate of drug-likeness (QED) is 0.844. The topological polar surface area (TPSA) is 25.4 Å². The largest absolute Gasteiger partial charge is 0.466 e. The Bertz CT molecular complexity index is 673. The monoisotopic (exact) mass is 320 g/mol. The van der Waals surface area contributed by atoms with Gasteiger partial charge in [-0.15, -0.1) is 0 Å². The van der Waals surface area contributed by atoms with Gasteiger partial charge >= 0.3 is 0 Å². The van der Waals surface area contributed by atoms with Crippen molar-refractivity contribution in [3.63, 3.8) is 0 Å². The lowest BCUT2D eigenvalue weighted by Crippen LogP contribution is -2.61. The van der Waals surface area contributed by atoms with Gasteiger partial charge in [-0.25, -0.2) is 4.98 Å². The molecule has 4 heterocycles. The molecule has 6 rings (SSSR count). The summed E-state index contributed by atoms with van der Waals surface area (Å²) in [6, 6.07) is 5.84. The summed E-state index contributed by atoms with van der Waals surface area (Å²) in [6.45, 7) is 3.75. The zero-order valence-electron chi connectivity index (χ0n) is 11.7. The molecule has 4 aliphatic rings. The molecule has 0 radical (unpaired) electrons. The first-order chi connectivity index (χ1) is 10.2. The van der Waals surface area contributed by atoms with Crippen LogP contribution in [0.1, 0.15) is 12.8 Å². The van der Waals surface area contributed by atoms with Crippen LogP contribution in [0.25, 0.3) is 10.2 Å². The molecule has 110 valence electrons. The second kappa shape index (κ2) is 4.58. The molecular weight excluding hydrogens is 304 g/mol. The molecule has 1 aliphatic carbocycles. The van der Waals surface area contributed by atoms with E-state index in [2.05, 4.69) is 9.88 Å². The van der Waals surface area contributed by atoms with E-state index in [9.17, 15) is 0 Å². The number of fused-ring (bicyclic) bond motifs is 1. The summed E-state index contributed by atoms with van der Waals surface area (Å²) >= 11 is 7.68. The average molecular weight is 321 g/mol. The Balaban J connectivity index is 1.43. The molecule has 3 nitrogen and oxygen atoms in total. The predicted molar refractivity (Wildman–Crippen MR) is 85.2 cm³/mol. The Kier molecular flexibility index (Phi) is 2.76. The van der Waals surface area contributed by atoms with Crippen molar-refractivity contribution in [3.05, 3.63) is 23.2 Å². The van der Waals surface area contributed by atoms with E-state index in [1.54, 1.807) is 11.3 Å². The van der Waals surface area contributed by atoms with Gasteiger partial charge in [-0.2, -0.15) is 0 Å². The first-order valence-electron chi connectivity index (χ1n) is 7.70. The summed E-state index contributed by atoms with van der Waals surface area (Å²) in [7, 11) is 0. The minimum Gasteiger partial charge on any atom is -0.466 e. The highest BCUT2D eigenvalue weighted by atomic mass is 35.5. The smallest absolute Gasteiger partial charge is 0.274 e. The highest BCUT2D eigenvalue weighted by Gasteiger charge is 2.48. The number of rotatable bonds is 2. The van der Waals surface area contributed by atoms with E-state index in [-0.39, 0.29) is 0 Å². The van der Waals surface area contributed by atoms with Crippen molar-refractivity contribution in [2.24, 2.45) is 17.8 Å². The van der Waals surface area contributed by atoms with Gasteiger partial charge in [-0.05, 0) is 37.0 Å². The van der Waals surface area contributed by atoms with Crippen LogP contribution in [0.15, 0.2) is 18.2 Å². The summed E-state index contributed by atoms with van der Waals surface area (Å²) in [4.78, 5) is 7.26. The molecule has 1 aromatic heterocycles. The highest BCUT2D eigenvalue weighted by Crippen LogP contribution is 2.45. The van der Waals surface area contributed by atoms with Crippen LogP contribution >= 0.6 is 22.9 Å². The zero-order valence-corrected chi connectivity index (χ0v) is 13.2. The lowest BCUT2D eigenvalue weighted by Gasteiger charge is -2.55. The lowest BCUT2D eigenvalue weighted by molar-refractivity contribution is -0.0984. The van der Waals surface area contributed by atoms with Crippen molar-refractivity contribution in [2.45, 2.75) is 18.9 Å². The van der Waals surface area contributed by atoms with E-state index in [4.69, 9.17) is 16.3 Å². The number of hydrogen-bond donors (Lipinski definition) is 0. The molecule has 2 aromatic rings. The number of halogens is 1. The third kappa shape index (κ3) is 2.07. The summed E-state index contributed by atoms with van der Waals surface area (Å²) in [6.07, 6.45) is 3.05. The maximum Gasteiger partial charge on any atom is 0.274 e. The molecule has 1 aromatic carbocycles. The van der Waals surface area contributed by atoms with Gasteiger partial charge in [0.05, 0.1) is 10.2 Å². The van der Waals surface area contributed by atoms with Crippen LogP contribution < -0.4 is 4.74 Å². The Morgan fingerprint density at radius 3 is 2.76 bits per heavy atom. The molecule has 1 saturated carbocycles. The number of nitrogens with zero attached hydrogens (tertiary/aromatic N) is 2. The fourth-order valence-corrected chi connectivity index (χ4v) is 5.73. The Labute approximate surface area is 132 Å². The number of piperidine rings is 3. The van der Waals surface area contributed by atoms with Gasteiger partial charge in [-0.3, -0.25) is 0 Å². The van der Waals surface area contributed by atoms with Crippen molar-refractivity contribution >= 4 is 33.2 Å². The lowest BCUT2D eigenvalue weighted by atomic mass is 9.66. The third-order valence-electron chi connectivity index (χ3n) is 5.27. The molecule has 21 heavy (non-hydrogen) atoms. The van der Waals surface area contributed by atoms with Crippen LogP contribution in [0.5, 0.6) is 5.19 Å². The summed E-state index contributed by atoms with van der Waals surface area (Å²) in [5.41, 5.74) is 0.993. The number of aromatic nitrogens is 1. The van der Waals surface area contributed by atoms with Crippen molar-refractivity contribution in [1.29, 1.82) is 0 Å². The highest BCUT2D eigenvalue weighted by molar-refractivity contribution is 7.20. The minimum absolute atomic E-state index is 0.369. The SMILES string of the molecule is Clc1ccc2nc(OC3C4CC5C[C@H]3CN(C5)C4)sc2c1.